The van der Waals surface area contributed by atoms with Gasteiger partial charge in [-0.2, -0.15) is 5.10 Å². The molecule has 2 bridgehead atoms. The molecule has 0 amide bonds. The number of fused-ring (bicyclic) bond motifs is 2. The molecular weight excluding hydrogens is 445 g/mol. The number of aliphatic hydroxyl groups is 2. The first-order valence-corrected chi connectivity index (χ1v) is 12.9. The molecule has 3 N–H and O–H groups in total. The molecule has 1 saturated heterocycles. The Bertz CT molecular complexity index is 1290. The van der Waals surface area contributed by atoms with Crippen molar-refractivity contribution < 1.29 is 19.3 Å². The van der Waals surface area contributed by atoms with Gasteiger partial charge in [-0.25, -0.2) is 4.39 Å². The first kappa shape index (κ1) is 22.2. The maximum atomic E-state index is 17.1. The summed E-state index contributed by atoms with van der Waals surface area (Å²) < 4.78 is 24.1. The first-order chi connectivity index (χ1) is 16.6. The van der Waals surface area contributed by atoms with Crippen LogP contribution < -0.4 is 0 Å². The molecule has 6 nitrogen and oxygen atoms in total. The number of H-pyrrole nitrogens is 1. The van der Waals surface area contributed by atoms with Crippen LogP contribution in [0.3, 0.4) is 0 Å². The summed E-state index contributed by atoms with van der Waals surface area (Å²) in [7, 11) is 3.83. The van der Waals surface area contributed by atoms with Crippen molar-refractivity contribution in [2.75, 3.05) is 14.1 Å². The maximum absolute atomic E-state index is 17.1. The van der Waals surface area contributed by atoms with Crippen LogP contribution in [0.25, 0.3) is 16.5 Å². The van der Waals surface area contributed by atoms with Gasteiger partial charge in [0.2, 0.25) is 0 Å². The van der Waals surface area contributed by atoms with Crippen LogP contribution in [0.15, 0.2) is 42.1 Å². The van der Waals surface area contributed by atoms with Crippen LogP contribution in [-0.2, 0) is 4.74 Å². The van der Waals surface area contributed by atoms with E-state index in [9.17, 15) is 10.2 Å². The van der Waals surface area contributed by atoms with Crippen molar-refractivity contribution in [1.82, 2.24) is 15.1 Å². The quantitative estimate of drug-likeness (QED) is 0.572. The fourth-order valence-electron chi connectivity index (χ4n) is 8.53. The summed E-state index contributed by atoms with van der Waals surface area (Å²) in [4.78, 5) is 1.96. The number of nitrogens with zero attached hydrogens (tertiary/aromatic N) is 2. The minimum absolute atomic E-state index is 0.0141. The van der Waals surface area contributed by atoms with Gasteiger partial charge in [0.1, 0.15) is 11.7 Å². The van der Waals surface area contributed by atoms with Gasteiger partial charge in [0.15, 0.2) is 5.67 Å². The van der Waals surface area contributed by atoms with E-state index in [1.54, 1.807) is 6.08 Å². The Kier molecular flexibility index (Phi) is 4.32. The Balaban J connectivity index is 1.31. The SMILES string of the molecule is CN(C)C1CC23CCC4(O2)C2CC=C(c5ccc6cn[nH]c6c5)C2(C)CCC4(F)C=C3C(O)C1O. The fraction of sp³-hybridized carbons (Fsp3) is 0.607. The zero-order valence-electron chi connectivity index (χ0n) is 20.6. The predicted octanol–water partition coefficient (Wildman–Crippen LogP) is 3.76. The number of aliphatic hydroxyl groups excluding tert-OH is 2. The van der Waals surface area contributed by atoms with Gasteiger partial charge in [0.25, 0.3) is 0 Å². The summed E-state index contributed by atoms with van der Waals surface area (Å²) in [5, 5.41) is 30.3. The number of hydrogen-bond acceptors (Lipinski definition) is 5. The Labute approximate surface area is 204 Å². The summed E-state index contributed by atoms with van der Waals surface area (Å²) in [6.45, 7) is 2.29. The third-order valence-electron chi connectivity index (χ3n) is 10.4. The van der Waals surface area contributed by atoms with Gasteiger partial charge >= 0.3 is 0 Å². The second-order valence-electron chi connectivity index (χ2n) is 12.1. The van der Waals surface area contributed by atoms with Crippen LogP contribution in [0.1, 0.15) is 51.0 Å². The Morgan fingerprint density at radius 3 is 2.80 bits per heavy atom. The number of aromatic amines is 1. The number of aromatic nitrogens is 2. The van der Waals surface area contributed by atoms with Crippen LogP contribution in [-0.4, -0.2) is 74.5 Å². The standard InChI is InChI=1S/C28H34FN3O3/c1-25-8-10-27(29)13-19-23(33)24(34)21(32(2)3)14-26(19)9-11-28(27,35-26)22(25)7-6-18(25)16-4-5-17-15-30-31-20(17)12-16/h4-6,12-13,15,21-24,33-34H,7-11,14H2,1-3H3,(H,30,31). The predicted molar refractivity (Wildman–Crippen MR) is 131 cm³/mol. The van der Waals surface area contributed by atoms with E-state index in [1.165, 1.54) is 5.57 Å². The molecule has 2 aromatic rings. The fourth-order valence-corrected chi connectivity index (χ4v) is 8.53. The molecule has 8 atom stereocenters. The topological polar surface area (TPSA) is 81.6 Å². The van der Waals surface area contributed by atoms with Crippen molar-refractivity contribution in [3.8, 4) is 0 Å². The van der Waals surface area contributed by atoms with E-state index in [0.29, 0.717) is 37.7 Å². The van der Waals surface area contributed by atoms with E-state index >= 15 is 4.39 Å². The first-order valence-electron chi connectivity index (χ1n) is 12.9. The maximum Gasteiger partial charge on any atom is 0.158 e. The highest BCUT2D eigenvalue weighted by atomic mass is 19.1. The van der Waals surface area contributed by atoms with Crippen LogP contribution in [0, 0.1) is 11.3 Å². The number of hydrogen-bond donors (Lipinski definition) is 3. The molecule has 1 aromatic carbocycles. The van der Waals surface area contributed by atoms with E-state index in [0.717, 1.165) is 22.9 Å². The molecule has 3 heterocycles. The molecule has 2 saturated carbocycles. The molecule has 0 radical (unpaired) electrons. The minimum Gasteiger partial charge on any atom is -0.388 e. The largest absolute Gasteiger partial charge is 0.388 e. The monoisotopic (exact) mass is 479 g/mol. The highest BCUT2D eigenvalue weighted by molar-refractivity contribution is 5.84. The normalized spacial score (nSPS) is 46.3. The number of likely N-dealkylation sites (N-methyl/N-ethyl adjacent to an activating group) is 1. The molecule has 3 fully saturated rings. The number of rotatable bonds is 2. The summed E-state index contributed by atoms with van der Waals surface area (Å²) >= 11 is 0. The highest BCUT2D eigenvalue weighted by Gasteiger charge is 2.74. The van der Waals surface area contributed by atoms with E-state index in [4.69, 9.17) is 4.74 Å². The molecule has 35 heavy (non-hydrogen) atoms. The Hall–Kier alpha value is -2.06. The average molecular weight is 480 g/mol. The van der Waals surface area contributed by atoms with Crippen LogP contribution in [0.2, 0.25) is 0 Å². The number of halogens is 1. The number of ether oxygens (including phenoxy) is 1. The zero-order chi connectivity index (χ0) is 24.4. The lowest BCUT2D eigenvalue weighted by Gasteiger charge is -2.60. The van der Waals surface area contributed by atoms with E-state index in [-0.39, 0.29) is 17.4 Å². The number of nitrogens with one attached hydrogen (secondary N) is 1. The summed E-state index contributed by atoms with van der Waals surface area (Å²) in [5.74, 6) is 0.0141. The smallest absolute Gasteiger partial charge is 0.158 e. The summed E-state index contributed by atoms with van der Waals surface area (Å²) in [6.07, 6.45) is 7.49. The zero-order valence-corrected chi connectivity index (χ0v) is 20.6. The summed E-state index contributed by atoms with van der Waals surface area (Å²) in [5.41, 5.74) is 0.548. The van der Waals surface area contributed by atoms with Gasteiger partial charge < -0.3 is 19.8 Å². The van der Waals surface area contributed by atoms with E-state index in [1.807, 2.05) is 25.2 Å². The minimum atomic E-state index is -1.64. The van der Waals surface area contributed by atoms with Crippen LogP contribution in [0.5, 0.6) is 0 Å². The van der Waals surface area contributed by atoms with Crippen molar-refractivity contribution in [3.05, 3.63) is 47.7 Å². The average Bonchev–Trinajstić information content (AvgIpc) is 3.52. The van der Waals surface area contributed by atoms with Gasteiger partial charge in [-0.05, 0) is 86.9 Å². The molecule has 2 spiro atoms. The third kappa shape index (κ3) is 2.60. The van der Waals surface area contributed by atoms with E-state index in [2.05, 4.69) is 41.4 Å². The highest BCUT2D eigenvalue weighted by Crippen LogP contribution is 2.71. The lowest BCUT2D eigenvalue weighted by molar-refractivity contribution is -0.239. The molecule has 7 rings (SSSR count). The number of benzene rings is 1. The Morgan fingerprint density at radius 1 is 1.17 bits per heavy atom. The summed E-state index contributed by atoms with van der Waals surface area (Å²) in [6, 6.07) is 6.17. The number of alkyl halides is 1. The molecule has 8 unspecified atom stereocenters. The lowest BCUT2D eigenvalue weighted by Crippen LogP contribution is -2.68. The second kappa shape index (κ2) is 6.82. The van der Waals surface area contributed by atoms with Gasteiger partial charge in [-0.3, -0.25) is 5.10 Å². The lowest BCUT2D eigenvalue weighted by atomic mass is 9.53. The van der Waals surface area contributed by atoms with Crippen LogP contribution >= 0.6 is 0 Å². The van der Waals surface area contributed by atoms with Gasteiger partial charge in [0, 0.05) is 17.3 Å². The van der Waals surface area contributed by atoms with Crippen molar-refractivity contribution in [2.45, 2.75) is 80.6 Å². The van der Waals surface area contributed by atoms with Crippen LogP contribution in [0.4, 0.5) is 4.39 Å². The van der Waals surface area contributed by atoms with Crippen molar-refractivity contribution >= 4 is 16.5 Å². The Morgan fingerprint density at radius 2 is 2.00 bits per heavy atom. The molecule has 1 aromatic heterocycles. The molecule has 5 aliphatic rings. The van der Waals surface area contributed by atoms with Crippen molar-refractivity contribution in [2.24, 2.45) is 11.3 Å². The van der Waals surface area contributed by atoms with Gasteiger partial charge in [-0.1, -0.05) is 25.1 Å². The van der Waals surface area contributed by atoms with Crippen molar-refractivity contribution in [3.63, 3.8) is 0 Å². The van der Waals surface area contributed by atoms with Gasteiger partial charge in [0.05, 0.1) is 23.4 Å². The molecule has 186 valence electrons. The van der Waals surface area contributed by atoms with Gasteiger partial charge in [-0.15, -0.1) is 0 Å². The molecule has 3 aliphatic carbocycles. The third-order valence-corrected chi connectivity index (χ3v) is 10.4. The molecular formula is C28H34FN3O3. The number of allylic oxidation sites excluding steroid dienone is 2. The van der Waals surface area contributed by atoms with E-state index < -0.39 is 29.1 Å². The second-order valence-corrected chi connectivity index (χ2v) is 12.1. The molecule has 2 aliphatic heterocycles. The molecule has 7 heteroatoms. The van der Waals surface area contributed by atoms with Crippen molar-refractivity contribution in [1.29, 1.82) is 0 Å².